The van der Waals surface area contributed by atoms with E-state index in [0.717, 1.165) is 43.5 Å². The van der Waals surface area contributed by atoms with Crippen LogP contribution in [0.25, 0.3) is 0 Å². The summed E-state index contributed by atoms with van der Waals surface area (Å²) in [6.45, 7) is 24.4. The number of aromatic nitrogens is 3. The summed E-state index contributed by atoms with van der Waals surface area (Å²) in [5.74, 6) is -0.314. The molecule has 448 valence electrons. The van der Waals surface area contributed by atoms with Crippen LogP contribution in [0.1, 0.15) is 164 Å². The fourth-order valence-corrected chi connectivity index (χ4v) is 10.0. The number of nitrogens with two attached hydrogens (primary N) is 2. The van der Waals surface area contributed by atoms with E-state index in [1.165, 1.54) is 0 Å². The lowest BCUT2D eigenvalue weighted by molar-refractivity contribution is -0.132. The van der Waals surface area contributed by atoms with Crippen molar-refractivity contribution >= 4 is 74.5 Å². The number of aryl methyl sites for hydroxylation is 1. The third-order valence-electron chi connectivity index (χ3n) is 15.3. The highest BCUT2D eigenvalue weighted by molar-refractivity contribution is 14.1. The van der Waals surface area contributed by atoms with Crippen LogP contribution >= 0.6 is 22.4 Å². The normalized spacial score (nSPS) is 18.1. The lowest BCUT2D eigenvalue weighted by atomic mass is 9.94. The zero-order chi connectivity index (χ0) is 59.6. The predicted molar refractivity (Wildman–Crippen MR) is 315 cm³/mol. The van der Waals surface area contributed by atoms with Gasteiger partial charge in [0.2, 0.25) is 17.7 Å². The van der Waals surface area contributed by atoms with E-state index in [9.17, 15) is 33.6 Å². The highest BCUT2D eigenvalue weighted by atomic mass is 127. The molecule has 24 heteroatoms. The van der Waals surface area contributed by atoms with Gasteiger partial charge >= 0.3 is 22.9 Å². The maximum absolute atomic E-state index is 13.8. The number of ketones is 1. The summed E-state index contributed by atoms with van der Waals surface area (Å²) in [5, 5.41) is 25.7. The van der Waals surface area contributed by atoms with Gasteiger partial charge in [0.15, 0.2) is 0 Å². The molecule has 0 bridgehead atoms. The molecule has 22 nitrogen and oxygen atoms in total. The van der Waals surface area contributed by atoms with Crippen LogP contribution in [0.15, 0.2) is 24.3 Å². The zero-order valence-electron chi connectivity index (χ0n) is 49.5. The summed E-state index contributed by atoms with van der Waals surface area (Å²) in [6, 6.07) is 4.03. The second kappa shape index (κ2) is 30.8. The van der Waals surface area contributed by atoms with Crippen molar-refractivity contribution in [2.24, 2.45) is 41.1 Å². The molecule has 1 heterocycles. The van der Waals surface area contributed by atoms with Crippen molar-refractivity contribution in [3.05, 3.63) is 41.2 Å². The van der Waals surface area contributed by atoms with Gasteiger partial charge in [0.1, 0.15) is 24.5 Å². The number of ether oxygens (including phenoxy) is 4. The summed E-state index contributed by atoms with van der Waals surface area (Å²) < 4.78 is 25.4. The van der Waals surface area contributed by atoms with Crippen molar-refractivity contribution in [2.45, 2.75) is 208 Å². The Morgan fingerprint density at radius 3 is 2.06 bits per heavy atom. The minimum absolute atomic E-state index is 0.0296. The van der Waals surface area contributed by atoms with Gasteiger partial charge in [-0.3, -0.25) is 19.2 Å². The van der Waals surface area contributed by atoms with Gasteiger partial charge in [-0.25, -0.2) is 19.1 Å². The predicted octanol–water partition coefficient (Wildman–Crippen LogP) is 7.19. The standard InChI is InChI=1S/C56H93BIN11O11/c1-13-36(4)45(70)24-26-54(7,8)80-32-29-56(11,60)65-51(75)78-34-41-39-20-22-42-44(23-21-40(39)41)69(68-67-42)53(5,6)28-31-79-55(9,10)27-25-46(71)64-47(35(2)3)49(73)63-43(15-14-30-61-50(59)74)48(72)62-38-18-16-37(17-19-38)33-77-52(76)66-57(12)58/h16-19,35-36,39-41,43,47H,13-15,20-34,60H2,1-12H3,(H,62,72)(H,63,73)(H,64,71)(H,65,75)(H,66,76)(H3,59,61,74)/t36?,39?,40?,41?,43-,47?,56?/m0/s1. The molecule has 0 saturated heterocycles. The number of nitrogens with zero attached hydrogens (tertiary/aromatic N) is 3. The number of urea groups is 1. The van der Waals surface area contributed by atoms with Gasteiger partial charge in [-0.05, 0) is 154 Å². The molecule has 2 aliphatic rings. The number of carbonyl (C=O) groups excluding carboxylic acids is 7. The van der Waals surface area contributed by atoms with Crippen molar-refractivity contribution in [3.63, 3.8) is 0 Å². The first-order chi connectivity index (χ1) is 37.4. The molecule has 1 saturated carbocycles. The SMILES string of the molecule is CCC(C)C(=O)CCC(C)(C)OCCC(C)(N)NC(=O)OCC1C2CCc3nnn(C(C)(C)CCOC(C)(C)CCC(=O)NC(C(=O)N[C@@H](CCCNC(N)=O)C(=O)Nc4ccc(COC(=O)NB(C)I)cc4)C(C)C)c3CCC21. The first-order valence-corrected chi connectivity index (χ1v) is 29.7. The van der Waals surface area contributed by atoms with Crippen molar-refractivity contribution in [2.75, 3.05) is 31.7 Å². The molecule has 7 atom stereocenters. The minimum atomic E-state index is -1.04. The molecule has 7 amide bonds. The summed E-state index contributed by atoms with van der Waals surface area (Å²) in [7, 11) is 0. The Morgan fingerprint density at radius 1 is 0.825 bits per heavy atom. The average molecular weight is 1230 g/mol. The average Bonchev–Trinajstić information content (AvgIpc) is 3.90. The quantitative estimate of drug-likeness (QED) is 0.0152. The maximum Gasteiger partial charge on any atom is 0.408 e. The van der Waals surface area contributed by atoms with Crippen molar-refractivity contribution in [1.29, 1.82) is 0 Å². The van der Waals surface area contributed by atoms with E-state index in [2.05, 4.69) is 56.0 Å². The number of benzene rings is 1. The van der Waals surface area contributed by atoms with Crippen LogP contribution in [-0.2, 0) is 63.1 Å². The monoisotopic (exact) mass is 1230 g/mol. The number of amides is 7. The molecule has 6 unspecified atom stereocenters. The molecule has 4 rings (SSSR count). The molecular weight excluding hydrogens is 1140 g/mol. The Hall–Kier alpha value is -5.08. The molecule has 2 aromatic rings. The van der Waals surface area contributed by atoms with Gasteiger partial charge in [-0.15, -0.1) is 27.5 Å². The summed E-state index contributed by atoms with van der Waals surface area (Å²) in [4.78, 5) is 89.4. The van der Waals surface area contributed by atoms with E-state index in [0.29, 0.717) is 81.4 Å². The van der Waals surface area contributed by atoms with E-state index >= 15 is 0 Å². The Morgan fingerprint density at radius 2 is 1.45 bits per heavy atom. The van der Waals surface area contributed by atoms with Gasteiger partial charge in [0, 0.05) is 44.0 Å². The molecule has 80 heavy (non-hydrogen) atoms. The largest absolute Gasteiger partial charge is 0.449 e. The van der Waals surface area contributed by atoms with E-state index in [1.54, 1.807) is 45.0 Å². The highest BCUT2D eigenvalue weighted by Crippen LogP contribution is 2.53. The second-order valence-corrected chi connectivity index (χ2v) is 26.1. The molecule has 1 aromatic carbocycles. The molecule has 1 fully saturated rings. The minimum Gasteiger partial charge on any atom is -0.449 e. The number of anilines is 1. The molecule has 0 radical (unpaired) electrons. The Balaban J connectivity index is 1.22. The van der Waals surface area contributed by atoms with Gasteiger partial charge in [0.05, 0.1) is 47.0 Å². The fourth-order valence-electron chi connectivity index (χ4n) is 9.78. The number of hydrogen-bond donors (Lipinski definition) is 8. The number of halogens is 1. The van der Waals surface area contributed by atoms with E-state index in [4.69, 9.17) is 30.4 Å². The number of primary amides is 1. The van der Waals surface area contributed by atoms with Gasteiger partial charge in [0.25, 0.3) is 0 Å². The molecule has 1 aromatic heterocycles. The van der Waals surface area contributed by atoms with E-state index in [-0.39, 0.29) is 60.1 Å². The first-order valence-electron chi connectivity index (χ1n) is 28.5. The number of carbonyl (C=O) groups is 7. The number of hydrogen-bond acceptors (Lipinski definition) is 14. The van der Waals surface area contributed by atoms with Crippen molar-refractivity contribution in [1.82, 2.24) is 41.5 Å². The van der Waals surface area contributed by atoms with Crippen LogP contribution in [0.2, 0.25) is 6.82 Å². The molecule has 2 aliphatic carbocycles. The number of fused-ring (bicyclic) bond motifs is 2. The van der Waals surface area contributed by atoms with E-state index in [1.807, 2.05) is 75.4 Å². The Labute approximate surface area is 487 Å². The van der Waals surface area contributed by atoms with Crippen LogP contribution in [0.5, 0.6) is 0 Å². The molecule has 0 aliphatic heterocycles. The fraction of sp³-hybridized carbons (Fsp3) is 0.732. The zero-order valence-corrected chi connectivity index (χ0v) is 51.7. The first kappa shape index (κ1) is 67.4. The van der Waals surface area contributed by atoms with Gasteiger partial charge in [-0.2, -0.15) is 0 Å². The Kier molecular flexibility index (Phi) is 26.0. The Bertz CT molecular complexity index is 2380. The lowest BCUT2D eigenvalue weighted by Crippen LogP contribution is -2.54. The van der Waals surface area contributed by atoms with Crippen LogP contribution in [-0.4, -0.2) is 117 Å². The molecule has 0 spiro atoms. The van der Waals surface area contributed by atoms with Crippen LogP contribution in [0.4, 0.5) is 20.1 Å². The number of rotatable bonds is 33. The van der Waals surface area contributed by atoms with Crippen LogP contribution in [0.3, 0.4) is 0 Å². The topological polar surface area (TPSA) is 311 Å². The van der Waals surface area contributed by atoms with Crippen molar-refractivity contribution < 1.29 is 52.5 Å². The number of nitrogens with one attached hydrogen (secondary N) is 6. The second-order valence-electron chi connectivity index (χ2n) is 24.2. The number of alkyl carbamates (subject to hydrolysis) is 1. The van der Waals surface area contributed by atoms with Crippen LogP contribution < -0.4 is 43.3 Å². The lowest BCUT2D eigenvalue weighted by Gasteiger charge is -2.31. The van der Waals surface area contributed by atoms with Gasteiger partial charge < -0.3 is 62.2 Å². The molecular formula is C56H93BIN11O11. The third kappa shape index (κ3) is 23.1. The summed E-state index contributed by atoms with van der Waals surface area (Å²) in [6.07, 6.45) is 6.16. The summed E-state index contributed by atoms with van der Waals surface area (Å²) >= 11 is 2.05. The summed E-state index contributed by atoms with van der Waals surface area (Å²) in [5.41, 5.74) is 12.3. The highest BCUT2D eigenvalue weighted by Gasteiger charge is 2.51. The smallest absolute Gasteiger partial charge is 0.408 e. The van der Waals surface area contributed by atoms with E-state index < -0.39 is 64.5 Å². The molecule has 10 N–H and O–H groups in total. The van der Waals surface area contributed by atoms with Crippen molar-refractivity contribution in [3.8, 4) is 0 Å². The number of Topliss-reactive ketones (excluding diaryl/α,β-unsaturated/α-hetero) is 1. The maximum atomic E-state index is 13.8. The van der Waals surface area contributed by atoms with Crippen LogP contribution in [0, 0.1) is 29.6 Å². The van der Waals surface area contributed by atoms with Gasteiger partial charge in [-0.1, -0.05) is 51.9 Å². The third-order valence-corrected chi connectivity index (χ3v) is 15.6.